The van der Waals surface area contributed by atoms with Crippen LogP contribution in [0.2, 0.25) is 0 Å². The van der Waals surface area contributed by atoms with Crippen molar-refractivity contribution >= 4 is 22.9 Å². The molecule has 0 spiro atoms. The number of nitrogens with one attached hydrogen (secondary N) is 2. The van der Waals surface area contributed by atoms with Gasteiger partial charge in [-0.25, -0.2) is 4.79 Å². The Balaban J connectivity index is 2.14. The molecule has 1 amide bonds. The van der Waals surface area contributed by atoms with Crippen LogP contribution in [0.15, 0.2) is 56.5 Å². The number of carbonyl (C=O) groups excluding carboxylic acids is 1. The molecule has 0 fully saturated rings. The maximum atomic E-state index is 12.2. The molecule has 3 aromatic rings. The van der Waals surface area contributed by atoms with Crippen LogP contribution in [0, 0.1) is 0 Å². The van der Waals surface area contributed by atoms with E-state index in [1.165, 1.54) is 18.2 Å². The van der Waals surface area contributed by atoms with E-state index in [4.69, 9.17) is 9.15 Å². The molecule has 0 atom stereocenters. The first-order valence-electron chi connectivity index (χ1n) is 7.29. The van der Waals surface area contributed by atoms with Crippen molar-refractivity contribution < 1.29 is 13.9 Å². The number of hydrogen-bond donors (Lipinski definition) is 2. The zero-order valence-electron chi connectivity index (χ0n) is 12.8. The highest BCUT2D eigenvalue weighted by Crippen LogP contribution is 2.26. The van der Waals surface area contributed by atoms with Gasteiger partial charge in [0.2, 0.25) is 5.56 Å². The molecule has 0 saturated carbocycles. The average Bonchev–Trinajstić information content (AvgIpc) is 2.55. The van der Waals surface area contributed by atoms with Crippen LogP contribution in [-0.2, 0) is 4.74 Å². The third kappa shape index (κ3) is 3.05. The maximum Gasteiger partial charge on any atom is 0.412 e. The summed E-state index contributed by atoms with van der Waals surface area (Å²) in [5.41, 5.74) is 0.146. The lowest BCUT2D eigenvalue weighted by atomic mass is 10.1. The van der Waals surface area contributed by atoms with Gasteiger partial charge in [0, 0.05) is 12.1 Å². The van der Waals surface area contributed by atoms with Gasteiger partial charge in [0.25, 0.3) is 0 Å². The molecular weight excluding hydrogens is 312 g/mol. The minimum atomic E-state index is -0.719. The third-order valence-corrected chi connectivity index (χ3v) is 3.32. The van der Waals surface area contributed by atoms with Crippen LogP contribution in [0.1, 0.15) is 6.92 Å². The highest BCUT2D eigenvalue weighted by molar-refractivity contribution is 5.89. The molecule has 122 valence electrons. The Bertz CT molecular complexity index is 1020. The molecule has 0 radical (unpaired) electrons. The number of carbonyl (C=O) groups is 1. The van der Waals surface area contributed by atoms with E-state index in [9.17, 15) is 14.4 Å². The number of anilines is 1. The molecule has 0 aliphatic rings. The van der Waals surface area contributed by atoms with Crippen molar-refractivity contribution in [3.63, 3.8) is 0 Å². The molecule has 2 N–H and O–H groups in total. The van der Waals surface area contributed by atoms with Crippen molar-refractivity contribution in [1.82, 2.24) is 4.98 Å². The van der Waals surface area contributed by atoms with Crippen molar-refractivity contribution in [3.05, 3.63) is 63.0 Å². The van der Waals surface area contributed by atoms with Gasteiger partial charge in [0.15, 0.2) is 5.43 Å². The molecule has 0 aliphatic carbocycles. The second-order valence-electron chi connectivity index (χ2n) is 4.93. The molecular formula is C17H14N2O5. The summed E-state index contributed by atoms with van der Waals surface area (Å²) < 4.78 is 10.5. The van der Waals surface area contributed by atoms with E-state index in [2.05, 4.69) is 10.3 Å². The average molecular weight is 326 g/mol. The van der Waals surface area contributed by atoms with E-state index in [1.54, 1.807) is 31.2 Å². The van der Waals surface area contributed by atoms with E-state index in [0.29, 0.717) is 16.5 Å². The normalized spacial score (nSPS) is 10.5. The predicted octanol–water partition coefficient (Wildman–Crippen LogP) is 2.72. The smallest absolute Gasteiger partial charge is 0.412 e. The SMILES string of the molecule is CCOC(=O)Nc1[nH]c(=O)ccc1-c1cc(=O)c2ccccc2o1. The zero-order valence-corrected chi connectivity index (χ0v) is 12.8. The predicted molar refractivity (Wildman–Crippen MR) is 89.2 cm³/mol. The van der Waals surface area contributed by atoms with Crippen LogP contribution in [0.25, 0.3) is 22.3 Å². The van der Waals surface area contributed by atoms with Crippen molar-refractivity contribution in [2.24, 2.45) is 0 Å². The fourth-order valence-corrected chi connectivity index (χ4v) is 2.28. The first kappa shape index (κ1) is 15.5. The van der Waals surface area contributed by atoms with Crippen molar-refractivity contribution in [2.75, 3.05) is 11.9 Å². The number of aromatic nitrogens is 1. The minimum Gasteiger partial charge on any atom is -0.456 e. The molecule has 1 aromatic carbocycles. The van der Waals surface area contributed by atoms with Crippen LogP contribution >= 0.6 is 0 Å². The first-order chi connectivity index (χ1) is 11.6. The molecule has 3 rings (SSSR count). The van der Waals surface area contributed by atoms with Gasteiger partial charge in [-0.05, 0) is 25.1 Å². The number of pyridine rings is 1. The summed E-state index contributed by atoms with van der Waals surface area (Å²) in [4.78, 5) is 37.9. The van der Waals surface area contributed by atoms with Gasteiger partial charge in [-0.15, -0.1) is 0 Å². The van der Waals surface area contributed by atoms with Crippen LogP contribution in [0.3, 0.4) is 0 Å². The van der Waals surface area contributed by atoms with E-state index >= 15 is 0 Å². The molecule has 7 heteroatoms. The quantitative estimate of drug-likeness (QED) is 0.770. The van der Waals surface area contributed by atoms with Crippen molar-refractivity contribution in [3.8, 4) is 11.3 Å². The Labute approximate surface area is 135 Å². The lowest BCUT2D eigenvalue weighted by Gasteiger charge is -2.10. The van der Waals surface area contributed by atoms with Gasteiger partial charge in [0.05, 0.1) is 17.6 Å². The lowest BCUT2D eigenvalue weighted by Crippen LogP contribution is -2.18. The molecule has 2 aromatic heterocycles. The number of aromatic amines is 1. The number of fused-ring (bicyclic) bond motifs is 1. The molecule has 24 heavy (non-hydrogen) atoms. The summed E-state index contributed by atoms with van der Waals surface area (Å²) in [6, 6.07) is 10.9. The molecule has 0 saturated heterocycles. The fourth-order valence-electron chi connectivity index (χ4n) is 2.28. The fraction of sp³-hybridized carbons (Fsp3) is 0.118. The Hall–Kier alpha value is -3.35. The number of ether oxygens (including phenoxy) is 1. The Morgan fingerprint density at radius 3 is 2.79 bits per heavy atom. The standard InChI is InChI=1S/C17H14N2O5/c1-2-23-17(22)19-16-11(7-8-15(21)18-16)14-9-12(20)10-5-3-4-6-13(10)24-14/h3-9H,2H2,1H3,(H2,18,19,21,22). The molecule has 0 bridgehead atoms. The van der Waals surface area contributed by atoms with Crippen molar-refractivity contribution in [1.29, 1.82) is 0 Å². The third-order valence-electron chi connectivity index (χ3n) is 3.32. The number of rotatable bonds is 3. The summed E-state index contributed by atoms with van der Waals surface area (Å²) in [6.07, 6.45) is -0.719. The summed E-state index contributed by atoms with van der Waals surface area (Å²) in [5, 5.41) is 2.89. The largest absolute Gasteiger partial charge is 0.456 e. The minimum absolute atomic E-state index is 0.0966. The highest BCUT2D eigenvalue weighted by Gasteiger charge is 2.14. The van der Waals surface area contributed by atoms with Crippen LogP contribution in [0.5, 0.6) is 0 Å². The molecule has 0 aliphatic heterocycles. The van der Waals surface area contributed by atoms with Crippen LogP contribution < -0.4 is 16.3 Å². The molecule has 2 heterocycles. The van der Waals surface area contributed by atoms with Gasteiger partial charge < -0.3 is 14.1 Å². The van der Waals surface area contributed by atoms with E-state index < -0.39 is 11.7 Å². The van der Waals surface area contributed by atoms with Crippen LogP contribution in [-0.4, -0.2) is 17.7 Å². The second-order valence-corrected chi connectivity index (χ2v) is 4.93. The van der Waals surface area contributed by atoms with E-state index in [0.717, 1.165) is 0 Å². The summed E-state index contributed by atoms with van der Waals surface area (Å²) in [7, 11) is 0. The van der Waals surface area contributed by atoms with Gasteiger partial charge in [-0.1, -0.05) is 12.1 Å². The number of hydrogen-bond acceptors (Lipinski definition) is 5. The van der Waals surface area contributed by atoms with E-state index in [1.807, 2.05) is 0 Å². The van der Waals surface area contributed by atoms with Gasteiger partial charge in [0.1, 0.15) is 17.2 Å². The van der Waals surface area contributed by atoms with Gasteiger partial charge in [-0.2, -0.15) is 0 Å². The maximum absolute atomic E-state index is 12.2. The zero-order chi connectivity index (χ0) is 17.1. The Morgan fingerprint density at radius 2 is 2.00 bits per heavy atom. The van der Waals surface area contributed by atoms with E-state index in [-0.39, 0.29) is 23.6 Å². The van der Waals surface area contributed by atoms with Gasteiger partial charge in [-0.3, -0.25) is 14.9 Å². The monoisotopic (exact) mass is 326 g/mol. The second kappa shape index (κ2) is 6.41. The topological polar surface area (TPSA) is 101 Å². The summed E-state index contributed by atoms with van der Waals surface area (Å²) >= 11 is 0. The van der Waals surface area contributed by atoms with Crippen LogP contribution in [0.4, 0.5) is 10.6 Å². The number of benzene rings is 1. The Morgan fingerprint density at radius 1 is 1.21 bits per heavy atom. The van der Waals surface area contributed by atoms with Gasteiger partial charge >= 0.3 is 6.09 Å². The first-order valence-corrected chi connectivity index (χ1v) is 7.29. The lowest BCUT2D eigenvalue weighted by molar-refractivity contribution is 0.168. The summed E-state index contributed by atoms with van der Waals surface area (Å²) in [5.74, 6) is 0.320. The number of H-pyrrole nitrogens is 1. The number of amides is 1. The number of para-hydroxylation sites is 1. The highest BCUT2D eigenvalue weighted by atomic mass is 16.5. The summed E-state index contributed by atoms with van der Waals surface area (Å²) in [6.45, 7) is 1.85. The molecule has 0 unspecified atom stereocenters. The Kier molecular flexibility index (Phi) is 4.15. The van der Waals surface area contributed by atoms with Crippen molar-refractivity contribution in [2.45, 2.75) is 6.92 Å². The molecule has 7 nitrogen and oxygen atoms in total.